The number of carbonyl (C=O) groups excluding carboxylic acids is 1. The Hall–Kier alpha value is -3.19. The number of aromatic nitrogens is 2. The number of rotatable bonds is 6. The lowest BCUT2D eigenvalue weighted by molar-refractivity contribution is 0.0931. The minimum absolute atomic E-state index is 0.247. The summed E-state index contributed by atoms with van der Waals surface area (Å²) in [6.45, 7) is 3.56. The number of ether oxygens (including phenoxy) is 1. The van der Waals surface area contributed by atoms with Gasteiger partial charge in [-0.2, -0.15) is 5.10 Å². The summed E-state index contributed by atoms with van der Waals surface area (Å²) in [5.41, 5.74) is 1.26. The Bertz CT molecular complexity index is 1070. The summed E-state index contributed by atoms with van der Waals surface area (Å²) >= 11 is 0. The van der Waals surface area contributed by atoms with Gasteiger partial charge in [0.05, 0.1) is 12.5 Å². The molecule has 4 rings (SSSR count). The number of nitrogens with one attached hydrogen (secondary N) is 2. The molecule has 1 aromatic heterocycles. The van der Waals surface area contributed by atoms with Crippen LogP contribution in [0, 0.1) is 5.92 Å². The molecule has 1 aliphatic heterocycles. The summed E-state index contributed by atoms with van der Waals surface area (Å²) in [6, 6.07) is 15.2. The van der Waals surface area contributed by atoms with E-state index >= 15 is 0 Å². The fraction of sp³-hybridized carbons (Fsp3) is 0.348. The number of amides is 1. The predicted molar refractivity (Wildman–Crippen MR) is 116 cm³/mol. The standard InChI is InChI=1S/C23H26N4O3/c1-30-18-8-6-17(7-9-18)15-27-12-10-16(11-13-27)14-24-23(29)21-19-4-2-3-5-20(19)22(28)26-25-21/h2-9,16H,10-15H2,1H3,(H,24,29)(H,26,28). The van der Waals surface area contributed by atoms with Gasteiger partial charge in [-0.05, 0) is 55.6 Å². The summed E-state index contributed by atoms with van der Waals surface area (Å²) < 4.78 is 5.21. The molecule has 0 aliphatic carbocycles. The second-order valence-corrected chi connectivity index (χ2v) is 7.72. The topological polar surface area (TPSA) is 87.3 Å². The van der Waals surface area contributed by atoms with Crippen molar-refractivity contribution in [3.05, 3.63) is 70.1 Å². The van der Waals surface area contributed by atoms with Gasteiger partial charge in [0.25, 0.3) is 11.5 Å². The van der Waals surface area contributed by atoms with Gasteiger partial charge in [0.2, 0.25) is 0 Å². The van der Waals surface area contributed by atoms with Crippen LogP contribution in [0.2, 0.25) is 0 Å². The van der Waals surface area contributed by atoms with Gasteiger partial charge < -0.3 is 10.1 Å². The molecular weight excluding hydrogens is 380 g/mol. The van der Waals surface area contributed by atoms with E-state index in [1.54, 1.807) is 31.4 Å². The van der Waals surface area contributed by atoms with Gasteiger partial charge in [0, 0.05) is 18.5 Å². The van der Waals surface area contributed by atoms with Crippen LogP contribution in [-0.4, -0.2) is 47.7 Å². The monoisotopic (exact) mass is 406 g/mol. The number of nitrogens with zero attached hydrogens (tertiary/aromatic N) is 2. The van der Waals surface area contributed by atoms with Crippen LogP contribution in [0.25, 0.3) is 10.8 Å². The van der Waals surface area contributed by atoms with Crippen molar-refractivity contribution in [1.29, 1.82) is 0 Å². The first-order valence-electron chi connectivity index (χ1n) is 10.2. The number of hydrogen-bond acceptors (Lipinski definition) is 5. The lowest BCUT2D eigenvalue weighted by Crippen LogP contribution is -2.38. The zero-order chi connectivity index (χ0) is 20.9. The lowest BCUT2D eigenvalue weighted by atomic mass is 9.96. The van der Waals surface area contributed by atoms with Crippen LogP contribution in [0.5, 0.6) is 5.75 Å². The summed E-state index contributed by atoms with van der Waals surface area (Å²) in [6.07, 6.45) is 2.08. The van der Waals surface area contributed by atoms with Crippen molar-refractivity contribution in [3.63, 3.8) is 0 Å². The van der Waals surface area contributed by atoms with E-state index in [0.717, 1.165) is 38.2 Å². The minimum atomic E-state index is -0.286. The van der Waals surface area contributed by atoms with Crippen molar-refractivity contribution in [2.75, 3.05) is 26.7 Å². The lowest BCUT2D eigenvalue weighted by Gasteiger charge is -2.32. The summed E-state index contributed by atoms with van der Waals surface area (Å²) in [7, 11) is 1.67. The molecule has 0 atom stereocenters. The van der Waals surface area contributed by atoms with Gasteiger partial charge in [-0.3, -0.25) is 14.5 Å². The van der Waals surface area contributed by atoms with Crippen LogP contribution in [-0.2, 0) is 6.54 Å². The third-order valence-electron chi connectivity index (χ3n) is 5.73. The van der Waals surface area contributed by atoms with E-state index in [1.807, 2.05) is 12.1 Å². The molecule has 1 aliphatic rings. The van der Waals surface area contributed by atoms with Gasteiger partial charge in [-0.25, -0.2) is 5.10 Å². The molecule has 30 heavy (non-hydrogen) atoms. The second kappa shape index (κ2) is 9.09. The normalized spacial score (nSPS) is 15.2. The second-order valence-electron chi connectivity index (χ2n) is 7.72. The van der Waals surface area contributed by atoms with Crippen LogP contribution < -0.4 is 15.6 Å². The number of fused-ring (bicyclic) bond motifs is 1. The number of methoxy groups -OCH3 is 1. The van der Waals surface area contributed by atoms with Crippen molar-refractivity contribution in [2.24, 2.45) is 5.92 Å². The Morgan fingerprint density at radius 3 is 2.53 bits per heavy atom. The van der Waals surface area contributed by atoms with E-state index in [2.05, 4.69) is 32.5 Å². The third kappa shape index (κ3) is 4.52. The fourth-order valence-electron chi connectivity index (χ4n) is 3.95. The van der Waals surface area contributed by atoms with Gasteiger partial charge in [-0.1, -0.05) is 30.3 Å². The van der Waals surface area contributed by atoms with Crippen molar-refractivity contribution < 1.29 is 9.53 Å². The van der Waals surface area contributed by atoms with Crippen LogP contribution in [0.15, 0.2) is 53.3 Å². The molecule has 0 unspecified atom stereocenters. The Kier molecular flexibility index (Phi) is 6.09. The van der Waals surface area contributed by atoms with Gasteiger partial charge in [0.15, 0.2) is 5.69 Å². The molecule has 0 spiro atoms. The number of likely N-dealkylation sites (tertiary alicyclic amines) is 1. The van der Waals surface area contributed by atoms with Crippen molar-refractivity contribution >= 4 is 16.7 Å². The van der Waals surface area contributed by atoms with E-state index < -0.39 is 0 Å². The molecule has 1 fully saturated rings. The number of hydrogen-bond donors (Lipinski definition) is 2. The Balaban J connectivity index is 1.29. The maximum absolute atomic E-state index is 12.7. The number of benzene rings is 2. The molecule has 156 valence electrons. The van der Waals surface area contributed by atoms with E-state index in [4.69, 9.17) is 4.74 Å². The van der Waals surface area contributed by atoms with E-state index in [9.17, 15) is 9.59 Å². The van der Waals surface area contributed by atoms with Crippen molar-refractivity contribution in [3.8, 4) is 5.75 Å². The highest BCUT2D eigenvalue weighted by Gasteiger charge is 2.21. The van der Waals surface area contributed by atoms with Crippen molar-refractivity contribution in [1.82, 2.24) is 20.4 Å². The number of carbonyl (C=O) groups is 1. The van der Waals surface area contributed by atoms with Crippen LogP contribution in [0.4, 0.5) is 0 Å². The van der Waals surface area contributed by atoms with Crippen LogP contribution in [0.3, 0.4) is 0 Å². The molecule has 7 heteroatoms. The first-order chi connectivity index (χ1) is 14.6. The van der Waals surface area contributed by atoms with Gasteiger partial charge in [-0.15, -0.1) is 0 Å². The number of piperidine rings is 1. The highest BCUT2D eigenvalue weighted by molar-refractivity contribution is 6.04. The predicted octanol–water partition coefficient (Wildman–Crippen LogP) is 2.57. The highest BCUT2D eigenvalue weighted by Crippen LogP contribution is 2.20. The highest BCUT2D eigenvalue weighted by atomic mass is 16.5. The molecule has 2 aromatic carbocycles. The number of H-pyrrole nitrogens is 1. The van der Waals surface area contributed by atoms with E-state index in [-0.39, 0.29) is 17.2 Å². The summed E-state index contributed by atoms with van der Waals surface area (Å²) in [4.78, 5) is 27.0. The molecule has 7 nitrogen and oxygen atoms in total. The average Bonchev–Trinajstić information content (AvgIpc) is 2.79. The molecule has 3 aromatic rings. The fourth-order valence-corrected chi connectivity index (χ4v) is 3.95. The van der Waals surface area contributed by atoms with E-state index in [1.165, 1.54) is 5.56 Å². The molecule has 0 saturated carbocycles. The smallest absolute Gasteiger partial charge is 0.272 e. The SMILES string of the molecule is COc1ccc(CN2CCC(CNC(=O)c3n[nH]c(=O)c4ccccc34)CC2)cc1. The third-order valence-corrected chi connectivity index (χ3v) is 5.73. The van der Waals surface area contributed by atoms with Crippen LogP contribution in [0.1, 0.15) is 28.9 Å². The maximum atomic E-state index is 12.7. The first kappa shape index (κ1) is 20.1. The summed E-state index contributed by atoms with van der Waals surface area (Å²) in [5, 5.41) is 10.4. The molecule has 1 saturated heterocycles. The average molecular weight is 406 g/mol. The van der Waals surface area contributed by atoms with Gasteiger partial charge in [0.1, 0.15) is 5.75 Å². The summed E-state index contributed by atoms with van der Waals surface area (Å²) in [5.74, 6) is 1.07. The molecule has 0 bridgehead atoms. The quantitative estimate of drug-likeness (QED) is 0.657. The number of aromatic amines is 1. The molecule has 1 amide bonds. The van der Waals surface area contributed by atoms with Crippen molar-refractivity contribution in [2.45, 2.75) is 19.4 Å². The minimum Gasteiger partial charge on any atom is -0.497 e. The van der Waals surface area contributed by atoms with E-state index in [0.29, 0.717) is 23.2 Å². The molecular formula is C23H26N4O3. The Morgan fingerprint density at radius 2 is 1.83 bits per heavy atom. The van der Waals surface area contributed by atoms with Gasteiger partial charge >= 0.3 is 0 Å². The zero-order valence-electron chi connectivity index (χ0n) is 17.1. The molecule has 2 N–H and O–H groups in total. The molecule has 0 radical (unpaired) electrons. The Labute approximate surface area is 175 Å². The zero-order valence-corrected chi connectivity index (χ0v) is 17.1. The first-order valence-corrected chi connectivity index (χ1v) is 10.2. The molecule has 2 heterocycles. The Morgan fingerprint density at radius 1 is 1.13 bits per heavy atom. The maximum Gasteiger partial charge on any atom is 0.272 e. The largest absolute Gasteiger partial charge is 0.497 e. The van der Waals surface area contributed by atoms with Crippen LogP contribution >= 0.6 is 0 Å².